The molecule has 1 fully saturated rings. The quantitative estimate of drug-likeness (QED) is 0.281. The lowest BCUT2D eigenvalue weighted by Crippen LogP contribution is -2.37. The van der Waals surface area contributed by atoms with Crippen LogP contribution in [0.4, 0.5) is 0 Å². The van der Waals surface area contributed by atoms with Crippen molar-refractivity contribution in [2.24, 2.45) is 4.99 Å². The largest absolute Gasteiger partial charge is 0.357 e. The van der Waals surface area contributed by atoms with Gasteiger partial charge in [-0.3, -0.25) is 9.20 Å². The van der Waals surface area contributed by atoms with Crippen LogP contribution < -0.4 is 10.6 Å². The fraction of sp³-hybridized carbons (Fsp3) is 0.391. The minimum absolute atomic E-state index is 0. The van der Waals surface area contributed by atoms with E-state index in [0.29, 0.717) is 19.0 Å². The number of piperidine rings is 1. The molecule has 1 aliphatic heterocycles. The van der Waals surface area contributed by atoms with Crippen molar-refractivity contribution in [3.05, 3.63) is 65.6 Å². The number of fused-ring (bicyclic) bond motifs is 1. The molecule has 3 aromatic rings. The number of hydrogen-bond acceptors (Lipinski definition) is 4. The third kappa shape index (κ3) is 5.96. The Kier molecular flexibility index (Phi) is 8.83. The molecule has 0 spiro atoms. The van der Waals surface area contributed by atoms with Gasteiger partial charge in [0.2, 0.25) is 0 Å². The number of benzene rings is 1. The van der Waals surface area contributed by atoms with Crippen LogP contribution in [-0.2, 0) is 13.1 Å². The number of halogens is 1. The van der Waals surface area contributed by atoms with E-state index in [0.717, 1.165) is 55.1 Å². The molecule has 32 heavy (non-hydrogen) atoms. The Morgan fingerprint density at radius 3 is 2.56 bits per heavy atom. The number of hydrogen-bond donors (Lipinski definition) is 2. The van der Waals surface area contributed by atoms with Gasteiger partial charge in [-0.25, -0.2) is 4.99 Å². The van der Waals surface area contributed by atoms with Crippen molar-refractivity contribution in [3.63, 3.8) is 0 Å². The highest BCUT2D eigenvalue weighted by atomic mass is 127. The van der Waals surface area contributed by atoms with Gasteiger partial charge in [0.1, 0.15) is 0 Å². The van der Waals surface area contributed by atoms with Crippen LogP contribution in [0.5, 0.6) is 0 Å². The van der Waals surface area contributed by atoms with Crippen molar-refractivity contribution >= 4 is 41.5 Å². The highest BCUT2D eigenvalue weighted by molar-refractivity contribution is 14.0. The van der Waals surface area contributed by atoms with Crippen LogP contribution >= 0.6 is 24.0 Å². The molecule has 0 saturated carbocycles. The molecular weight excluding hydrogens is 517 g/mol. The second-order valence-electron chi connectivity index (χ2n) is 7.64. The number of amides is 1. The molecule has 1 amide bonds. The highest BCUT2D eigenvalue weighted by Crippen LogP contribution is 2.14. The third-order valence-corrected chi connectivity index (χ3v) is 5.41. The van der Waals surface area contributed by atoms with Crippen molar-refractivity contribution in [2.45, 2.75) is 39.3 Å². The van der Waals surface area contributed by atoms with Crippen LogP contribution in [0.3, 0.4) is 0 Å². The van der Waals surface area contributed by atoms with Crippen molar-refractivity contribution < 1.29 is 4.79 Å². The molecule has 0 atom stereocenters. The molecule has 1 aliphatic rings. The summed E-state index contributed by atoms with van der Waals surface area (Å²) in [6.45, 7) is 5.56. The van der Waals surface area contributed by atoms with Gasteiger partial charge in [-0.1, -0.05) is 18.2 Å². The van der Waals surface area contributed by atoms with E-state index in [1.54, 1.807) is 0 Å². The predicted molar refractivity (Wildman–Crippen MR) is 136 cm³/mol. The average Bonchev–Trinajstić information content (AvgIpc) is 3.24. The minimum atomic E-state index is 0. The normalized spacial score (nSPS) is 14.2. The number of likely N-dealkylation sites (tertiary alicyclic amines) is 1. The van der Waals surface area contributed by atoms with Crippen LogP contribution in [0, 0.1) is 0 Å². The lowest BCUT2D eigenvalue weighted by atomic mass is 10.1. The van der Waals surface area contributed by atoms with Gasteiger partial charge >= 0.3 is 0 Å². The maximum absolute atomic E-state index is 12.6. The zero-order valence-electron chi connectivity index (χ0n) is 18.3. The number of nitrogens with one attached hydrogen (secondary N) is 2. The Morgan fingerprint density at radius 2 is 1.81 bits per heavy atom. The van der Waals surface area contributed by atoms with Gasteiger partial charge in [-0.2, -0.15) is 0 Å². The standard InChI is InChI=1S/C23H29N7O.HI/c1-2-24-23(26-17-21-28-27-20-8-4-7-15-30(20)21)25-16-18-9-11-19(12-10-18)22(31)29-13-5-3-6-14-29;/h4,7-12,15H,2-3,5-6,13-14,16-17H2,1H3,(H2,24,25,26);1H. The molecule has 0 radical (unpaired) electrons. The third-order valence-electron chi connectivity index (χ3n) is 5.41. The van der Waals surface area contributed by atoms with E-state index in [2.05, 4.69) is 25.8 Å². The molecule has 1 saturated heterocycles. The van der Waals surface area contributed by atoms with Gasteiger partial charge < -0.3 is 15.5 Å². The molecule has 170 valence electrons. The maximum Gasteiger partial charge on any atom is 0.253 e. The molecule has 1 aromatic carbocycles. The maximum atomic E-state index is 12.6. The first kappa shape index (κ1) is 24.0. The summed E-state index contributed by atoms with van der Waals surface area (Å²) >= 11 is 0. The first-order chi connectivity index (χ1) is 15.2. The van der Waals surface area contributed by atoms with E-state index in [4.69, 9.17) is 0 Å². The first-order valence-electron chi connectivity index (χ1n) is 10.9. The molecular formula is C23H30IN7O. The second-order valence-corrected chi connectivity index (χ2v) is 7.64. The van der Waals surface area contributed by atoms with E-state index in [9.17, 15) is 4.79 Å². The van der Waals surface area contributed by atoms with Gasteiger partial charge in [0.15, 0.2) is 17.4 Å². The van der Waals surface area contributed by atoms with Gasteiger partial charge in [0, 0.05) is 31.4 Å². The fourth-order valence-electron chi connectivity index (χ4n) is 3.72. The number of aliphatic imine (C=N–C) groups is 1. The molecule has 0 bridgehead atoms. The van der Waals surface area contributed by atoms with E-state index >= 15 is 0 Å². The molecule has 0 aliphatic carbocycles. The molecule has 0 unspecified atom stereocenters. The lowest BCUT2D eigenvalue weighted by Gasteiger charge is -2.26. The van der Waals surface area contributed by atoms with Crippen molar-refractivity contribution in [2.75, 3.05) is 19.6 Å². The zero-order chi connectivity index (χ0) is 21.5. The molecule has 3 heterocycles. The molecule has 4 rings (SSSR count). The van der Waals surface area contributed by atoms with Crippen molar-refractivity contribution in [1.82, 2.24) is 30.1 Å². The summed E-state index contributed by atoms with van der Waals surface area (Å²) in [6, 6.07) is 13.6. The summed E-state index contributed by atoms with van der Waals surface area (Å²) in [7, 11) is 0. The summed E-state index contributed by atoms with van der Waals surface area (Å²) in [4.78, 5) is 19.2. The molecule has 8 nitrogen and oxygen atoms in total. The van der Waals surface area contributed by atoms with Crippen molar-refractivity contribution in [1.29, 1.82) is 0 Å². The Bertz CT molecular complexity index is 1040. The van der Waals surface area contributed by atoms with Crippen LogP contribution in [0.25, 0.3) is 5.65 Å². The number of rotatable bonds is 6. The van der Waals surface area contributed by atoms with Gasteiger partial charge in [-0.05, 0) is 56.0 Å². The number of carbonyl (C=O) groups excluding carboxylic acids is 1. The highest BCUT2D eigenvalue weighted by Gasteiger charge is 2.17. The second kappa shape index (κ2) is 11.8. The fourth-order valence-corrected chi connectivity index (χ4v) is 3.72. The monoisotopic (exact) mass is 547 g/mol. The predicted octanol–water partition coefficient (Wildman–Crippen LogP) is 3.23. The van der Waals surface area contributed by atoms with Crippen LogP contribution in [0.1, 0.15) is 47.9 Å². The molecule has 2 aromatic heterocycles. The smallest absolute Gasteiger partial charge is 0.253 e. The summed E-state index contributed by atoms with van der Waals surface area (Å²) in [5, 5.41) is 15.0. The summed E-state index contributed by atoms with van der Waals surface area (Å²) in [5.74, 6) is 1.66. The molecule has 2 N–H and O–H groups in total. The number of nitrogens with zero attached hydrogens (tertiary/aromatic N) is 5. The van der Waals surface area contributed by atoms with Crippen LogP contribution in [0.2, 0.25) is 0 Å². The zero-order valence-corrected chi connectivity index (χ0v) is 20.7. The van der Waals surface area contributed by atoms with E-state index in [-0.39, 0.29) is 29.9 Å². The number of guanidine groups is 1. The molecule has 9 heteroatoms. The number of carbonyl (C=O) groups is 1. The van der Waals surface area contributed by atoms with E-state index in [1.807, 2.05) is 64.9 Å². The summed E-state index contributed by atoms with van der Waals surface area (Å²) in [5.41, 5.74) is 2.62. The first-order valence-corrected chi connectivity index (χ1v) is 10.9. The van der Waals surface area contributed by atoms with Gasteiger partial charge in [0.05, 0.1) is 13.1 Å². The van der Waals surface area contributed by atoms with Crippen molar-refractivity contribution in [3.8, 4) is 0 Å². The Hall–Kier alpha value is -2.69. The topological polar surface area (TPSA) is 86.9 Å². The minimum Gasteiger partial charge on any atom is -0.357 e. The summed E-state index contributed by atoms with van der Waals surface area (Å²) in [6.07, 6.45) is 5.37. The Morgan fingerprint density at radius 1 is 1.03 bits per heavy atom. The Balaban J connectivity index is 0.00000289. The number of pyridine rings is 1. The van der Waals surface area contributed by atoms with Crippen LogP contribution in [0.15, 0.2) is 53.7 Å². The average molecular weight is 547 g/mol. The van der Waals surface area contributed by atoms with Crippen LogP contribution in [-0.4, -0.2) is 51.0 Å². The number of aromatic nitrogens is 3. The summed E-state index contributed by atoms with van der Waals surface area (Å²) < 4.78 is 1.95. The van der Waals surface area contributed by atoms with E-state index in [1.165, 1.54) is 6.42 Å². The van der Waals surface area contributed by atoms with E-state index < -0.39 is 0 Å². The van der Waals surface area contributed by atoms with Gasteiger partial charge in [-0.15, -0.1) is 34.2 Å². The lowest BCUT2D eigenvalue weighted by molar-refractivity contribution is 0.0724. The Labute approximate surface area is 205 Å². The van der Waals surface area contributed by atoms with Gasteiger partial charge in [0.25, 0.3) is 5.91 Å². The SMILES string of the molecule is CCNC(=NCc1ccc(C(=O)N2CCCCC2)cc1)NCc1nnc2ccccn12.I.